The predicted octanol–water partition coefficient (Wildman–Crippen LogP) is 6.54. The van der Waals surface area contributed by atoms with Crippen LogP contribution in [0.25, 0.3) is 16.0 Å². The van der Waals surface area contributed by atoms with Crippen LogP contribution in [0.3, 0.4) is 0 Å². The molecule has 1 aliphatic heterocycles. The minimum atomic E-state index is -0.877. The summed E-state index contributed by atoms with van der Waals surface area (Å²) in [5.41, 5.74) is 1.69. The molecule has 37 heavy (non-hydrogen) atoms. The lowest BCUT2D eigenvalue weighted by Crippen LogP contribution is -2.29. The van der Waals surface area contributed by atoms with Crippen LogP contribution in [0.5, 0.6) is 5.75 Å². The topological polar surface area (TPSA) is 92.6 Å². The number of hydrogen-bond donors (Lipinski definition) is 1. The van der Waals surface area contributed by atoms with Gasteiger partial charge in [-0.15, -0.1) is 0 Å². The van der Waals surface area contributed by atoms with Crippen LogP contribution in [-0.2, 0) is 9.59 Å². The number of anilines is 1. The van der Waals surface area contributed by atoms with Crippen molar-refractivity contribution in [1.82, 2.24) is 9.97 Å². The van der Waals surface area contributed by atoms with Crippen LogP contribution in [0, 0.1) is 0 Å². The van der Waals surface area contributed by atoms with Gasteiger partial charge in [-0.05, 0) is 54.4 Å². The Balaban J connectivity index is 1.59. The van der Waals surface area contributed by atoms with E-state index in [1.54, 1.807) is 30.3 Å². The monoisotopic (exact) mass is 533 g/mol. The second-order valence-electron chi connectivity index (χ2n) is 8.64. The number of aliphatic hydroxyl groups is 1. The molecule has 0 saturated carbocycles. The van der Waals surface area contributed by atoms with Crippen molar-refractivity contribution < 1.29 is 19.4 Å². The maximum atomic E-state index is 13.4. The first-order valence-corrected chi connectivity index (χ1v) is 13.2. The number of aliphatic hydroxyl groups excluding tert-OH is 1. The van der Waals surface area contributed by atoms with E-state index in [0.29, 0.717) is 39.2 Å². The number of Topliss-reactive ketones (excluding diaryl/α,β-unsaturated/α-hetero) is 1. The minimum absolute atomic E-state index is 0.00916. The van der Waals surface area contributed by atoms with Crippen LogP contribution in [0.1, 0.15) is 43.4 Å². The number of ether oxygens (including phenoxy) is 1. The smallest absolute Gasteiger partial charge is 0.301 e. The number of ketones is 1. The van der Waals surface area contributed by atoms with E-state index in [0.717, 1.165) is 24.0 Å². The Labute approximate surface area is 223 Å². The van der Waals surface area contributed by atoms with Crippen molar-refractivity contribution in [1.29, 1.82) is 0 Å². The number of unbranched alkanes of at least 4 members (excludes halogenated alkanes) is 2. The zero-order valence-electron chi connectivity index (χ0n) is 20.1. The van der Waals surface area contributed by atoms with E-state index in [1.165, 1.54) is 28.6 Å². The molecule has 1 unspecified atom stereocenters. The van der Waals surface area contributed by atoms with Gasteiger partial charge in [0.25, 0.3) is 5.78 Å². The minimum Gasteiger partial charge on any atom is -0.507 e. The summed E-state index contributed by atoms with van der Waals surface area (Å²) < 4.78 is 6.62. The molecule has 3 heterocycles. The fourth-order valence-corrected chi connectivity index (χ4v) is 5.56. The summed E-state index contributed by atoms with van der Waals surface area (Å²) in [4.78, 5) is 36.7. The summed E-state index contributed by atoms with van der Waals surface area (Å²) in [6, 6.07) is 14.8. The quantitative estimate of drug-likeness (QED) is 0.120. The van der Waals surface area contributed by atoms with Crippen LogP contribution >= 0.6 is 22.9 Å². The number of thiazole rings is 1. The molecule has 9 heteroatoms. The molecule has 1 fully saturated rings. The summed E-state index contributed by atoms with van der Waals surface area (Å²) >= 11 is 7.41. The zero-order chi connectivity index (χ0) is 25.9. The van der Waals surface area contributed by atoms with E-state index in [4.69, 9.17) is 16.3 Å². The number of pyridine rings is 1. The molecule has 1 N–H and O–H groups in total. The standard InChI is InChI=1S/C28H24ClN3O4S/c1-2-3-4-15-36-20-8-5-17(6-9-20)24-23(25(33)18-11-13-30-14-12-18)26(34)27(35)32(24)28-31-21-10-7-19(29)16-22(21)37-28/h5-14,16,24,33H,2-4,15H2,1H3. The van der Waals surface area contributed by atoms with Gasteiger partial charge in [0.2, 0.25) is 0 Å². The first kappa shape index (κ1) is 24.9. The Morgan fingerprint density at radius 2 is 1.84 bits per heavy atom. The van der Waals surface area contributed by atoms with Crippen LogP contribution in [0.4, 0.5) is 5.13 Å². The summed E-state index contributed by atoms with van der Waals surface area (Å²) in [5.74, 6) is -1.11. The molecule has 1 aliphatic rings. The zero-order valence-corrected chi connectivity index (χ0v) is 21.6. The summed E-state index contributed by atoms with van der Waals surface area (Å²) in [6.07, 6.45) is 6.20. The number of amides is 1. The molecule has 1 atom stereocenters. The Bertz CT molecular complexity index is 1480. The number of carbonyl (C=O) groups is 2. The predicted molar refractivity (Wildman–Crippen MR) is 145 cm³/mol. The van der Waals surface area contributed by atoms with Gasteiger partial charge in [-0.3, -0.25) is 19.5 Å². The molecule has 0 aliphatic carbocycles. The van der Waals surface area contributed by atoms with Crippen LogP contribution in [-0.4, -0.2) is 33.4 Å². The van der Waals surface area contributed by atoms with Crippen molar-refractivity contribution in [2.24, 2.45) is 0 Å². The highest BCUT2D eigenvalue weighted by atomic mass is 35.5. The lowest BCUT2D eigenvalue weighted by atomic mass is 9.95. The first-order chi connectivity index (χ1) is 18.0. The van der Waals surface area contributed by atoms with Crippen molar-refractivity contribution in [2.75, 3.05) is 11.5 Å². The van der Waals surface area contributed by atoms with Gasteiger partial charge in [0.05, 0.1) is 28.4 Å². The van der Waals surface area contributed by atoms with E-state index in [-0.39, 0.29) is 11.3 Å². The number of fused-ring (bicyclic) bond motifs is 1. The Morgan fingerprint density at radius 3 is 2.57 bits per heavy atom. The molecule has 0 bridgehead atoms. The maximum absolute atomic E-state index is 13.4. The third-order valence-corrected chi connectivity index (χ3v) is 7.41. The molecular formula is C28H24ClN3O4S. The lowest BCUT2D eigenvalue weighted by Gasteiger charge is -2.23. The maximum Gasteiger partial charge on any atom is 0.301 e. The Kier molecular flexibility index (Phi) is 7.21. The number of halogens is 1. The number of carbonyl (C=O) groups excluding carboxylic acids is 2. The highest BCUT2D eigenvalue weighted by molar-refractivity contribution is 7.22. The molecule has 2 aromatic heterocycles. The summed E-state index contributed by atoms with van der Waals surface area (Å²) in [6.45, 7) is 2.75. The number of nitrogens with zero attached hydrogens (tertiary/aromatic N) is 3. The normalized spacial score (nSPS) is 17.0. The van der Waals surface area contributed by atoms with Crippen LogP contribution < -0.4 is 9.64 Å². The van der Waals surface area contributed by atoms with Crippen LogP contribution in [0.2, 0.25) is 5.02 Å². The highest BCUT2D eigenvalue weighted by Gasteiger charge is 2.48. The number of aromatic nitrogens is 2. The molecule has 1 saturated heterocycles. The largest absolute Gasteiger partial charge is 0.507 e. The van der Waals surface area contributed by atoms with Gasteiger partial charge in [0, 0.05) is 23.0 Å². The van der Waals surface area contributed by atoms with Crippen molar-refractivity contribution in [3.63, 3.8) is 0 Å². The molecule has 0 radical (unpaired) electrons. The van der Waals surface area contributed by atoms with Gasteiger partial charge in [-0.2, -0.15) is 0 Å². The van der Waals surface area contributed by atoms with Crippen molar-refractivity contribution in [2.45, 2.75) is 32.2 Å². The van der Waals surface area contributed by atoms with Gasteiger partial charge in [-0.25, -0.2) is 4.98 Å². The summed E-state index contributed by atoms with van der Waals surface area (Å²) in [5, 5.41) is 12.1. The summed E-state index contributed by atoms with van der Waals surface area (Å²) in [7, 11) is 0. The molecule has 1 amide bonds. The van der Waals surface area contributed by atoms with E-state index in [9.17, 15) is 14.7 Å². The average molecular weight is 534 g/mol. The van der Waals surface area contributed by atoms with Gasteiger partial charge < -0.3 is 9.84 Å². The SMILES string of the molecule is CCCCCOc1ccc(C2C(=C(O)c3ccncc3)C(=O)C(=O)N2c2nc3ccc(Cl)cc3s2)cc1. The molecule has 4 aromatic rings. The van der Waals surface area contributed by atoms with Crippen molar-refractivity contribution in [3.05, 3.63) is 88.7 Å². The Hall–Kier alpha value is -3.75. The molecule has 2 aromatic carbocycles. The van der Waals surface area contributed by atoms with Gasteiger partial charge in [0.15, 0.2) is 5.13 Å². The van der Waals surface area contributed by atoms with Gasteiger partial charge in [-0.1, -0.05) is 54.8 Å². The molecule has 7 nitrogen and oxygen atoms in total. The van der Waals surface area contributed by atoms with Gasteiger partial charge >= 0.3 is 5.91 Å². The van der Waals surface area contributed by atoms with Crippen molar-refractivity contribution >= 4 is 55.7 Å². The highest BCUT2D eigenvalue weighted by Crippen LogP contribution is 2.44. The van der Waals surface area contributed by atoms with Crippen LogP contribution in [0.15, 0.2) is 72.6 Å². The molecule has 0 spiro atoms. The van der Waals surface area contributed by atoms with E-state index < -0.39 is 17.7 Å². The lowest BCUT2D eigenvalue weighted by molar-refractivity contribution is -0.132. The first-order valence-electron chi connectivity index (χ1n) is 12.0. The fourth-order valence-electron chi connectivity index (χ4n) is 4.29. The molecule has 188 valence electrons. The number of benzene rings is 2. The Morgan fingerprint density at radius 1 is 1.08 bits per heavy atom. The third-order valence-electron chi connectivity index (χ3n) is 6.16. The van der Waals surface area contributed by atoms with E-state index in [2.05, 4.69) is 16.9 Å². The van der Waals surface area contributed by atoms with Gasteiger partial charge in [0.1, 0.15) is 11.5 Å². The molecule has 5 rings (SSSR count). The van der Waals surface area contributed by atoms with Crippen molar-refractivity contribution in [3.8, 4) is 5.75 Å². The number of rotatable bonds is 8. The van der Waals surface area contributed by atoms with E-state index in [1.807, 2.05) is 24.3 Å². The fraction of sp³-hybridized carbons (Fsp3) is 0.214. The second kappa shape index (κ2) is 10.7. The second-order valence-corrected chi connectivity index (χ2v) is 10.1. The third kappa shape index (κ3) is 4.95. The van der Waals surface area contributed by atoms with E-state index >= 15 is 0 Å². The molecular weight excluding hydrogens is 510 g/mol. The number of hydrogen-bond acceptors (Lipinski definition) is 7. The average Bonchev–Trinajstić information content (AvgIpc) is 3.44.